The van der Waals surface area contributed by atoms with Crippen LogP contribution in [-0.4, -0.2) is 0 Å². The van der Waals surface area contributed by atoms with Crippen molar-refractivity contribution in [1.82, 2.24) is 0 Å². The molecule has 2 aromatic rings. The van der Waals surface area contributed by atoms with Crippen LogP contribution in [0.15, 0.2) is 51.7 Å². The predicted octanol–water partition coefficient (Wildman–Crippen LogP) is 4.32. The van der Waals surface area contributed by atoms with Gasteiger partial charge in [-0.25, -0.2) is 3.15 Å². The summed E-state index contributed by atoms with van der Waals surface area (Å²) < 4.78 is 6.08. The van der Waals surface area contributed by atoms with Gasteiger partial charge in [0, 0.05) is 30.2 Å². The fourth-order valence-corrected chi connectivity index (χ4v) is 3.66. The number of halogens is 1. The molecule has 3 rings (SSSR count). The molecule has 68 valence electrons. The maximum Gasteiger partial charge on any atom is 0.0770 e. The molecule has 0 saturated carbocycles. The van der Waals surface area contributed by atoms with Crippen LogP contribution in [0, 0.1) is 3.57 Å². The highest BCUT2D eigenvalue weighted by Crippen LogP contribution is 2.41. The molecule has 0 atom stereocenters. The first-order valence-corrected chi connectivity index (χ1v) is 6.53. The molecule has 1 aliphatic rings. The number of rotatable bonds is 0. The summed E-state index contributed by atoms with van der Waals surface area (Å²) in [4.78, 5) is 0. The largest absolute Gasteiger partial charge is 0.221 e. The minimum atomic E-state index is -0.169. The van der Waals surface area contributed by atoms with E-state index < -0.39 is 0 Å². The van der Waals surface area contributed by atoms with Crippen molar-refractivity contribution >= 4 is 26.7 Å². The molecule has 0 aliphatic carbocycles. The molecular weight excluding hydrogens is 285 g/mol. The van der Waals surface area contributed by atoms with Crippen LogP contribution in [0.1, 0.15) is 0 Å². The standard InChI is InChI=1S/C12H8IN/c1-3-7-11-9(5-1)10-6-2-4-8-12(10)14-13-11/h1-8H. The van der Waals surface area contributed by atoms with E-state index in [-0.39, 0.29) is 21.0 Å². The molecule has 1 heterocycles. The summed E-state index contributed by atoms with van der Waals surface area (Å²) in [6.07, 6.45) is 0. The van der Waals surface area contributed by atoms with Crippen molar-refractivity contribution in [3.05, 3.63) is 52.1 Å². The van der Waals surface area contributed by atoms with Crippen molar-refractivity contribution in [3.8, 4) is 11.1 Å². The molecule has 0 saturated heterocycles. The molecule has 0 bridgehead atoms. The number of hydrogen-bond acceptors (Lipinski definition) is 1. The van der Waals surface area contributed by atoms with Crippen LogP contribution in [0.2, 0.25) is 0 Å². The zero-order chi connectivity index (χ0) is 9.38. The molecule has 2 aromatic carbocycles. The zero-order valence-electron chi connectivity index (χ0n) is 7.44. The van der Waals surface area contributed by atoms with Gasteiger partial charge >= 0.3 is 0 Å². The lowest BCUT2D eigenvalue weighted by molar-refractivity contribution is 1.52. The fourth-order valence-electron chi connectivity index (χ4n) is 1.62. The molecule has 0 spiro atoms. The second kappa shape index (κ2) is 3.28. The monoisotopic (exact) mass is 293 g/mol. The molecule has 0 radical (unpaired) electrons. The van der Waals surface area contributed by atoms with Gasteiger partial charge < -0.3 is 0 Å². The van der Waals surface area contributed by atoms with Crippen molar-refractivity contribution in [2.45, 2.75) is 0 Å². The van der Waals surface area contributed by atoms with Gasteiger partial charge in [-0.15, -0.1) is 0 Å². The first kappa shape index (κ1) is 8.29. The minimum Gasteiger partial charge on any atom is -0.221 e. The SMILES string of the molecule is c1ccc2c(c1)N=Ic1ccccc1-2. The molecule has 0 fully saturated rings. The highest BCUT2D eigenvalue weighted by Gasteiger charge is 2.11. The Hall–Kier alpha value is -1.03. The van der Waals surface area contributed by atoms with Gasteiger partial charge in [0.05, 0.1) is 5.69 Å². The Morgan fingerprint density at radius 1 is 0.786 bits per heavy atom. The van der Waals surface area contributed by atoms with E-state index in [1.807, 2.05) is 0 Å². The van der Waals surface area contributed by atoms with Crippen LogP contribution in [0.3, 0.4) is 0 Å². The van der Waals surface area contributed by atoms with E-state index in [0.29, 0.717) is 0 Å². The van der Waals surface area contributed by atoms with Crippen molar-refractivity contribution in [1.29, 1.82) is 0 Å². The molecule has 0 N–H and O–H groups in total. The summed E-state index contributed by atoms with van der Waals surface area (Å²) in [5, 5.41) is 0. The zero-order valence-corrected chi connectivity index (χ0v) is 9.60. The first-order chi connectivity index (χ1) is 6.95. The molecule has 14 heavy (non-hydrogen) atoms. The molecular formula is C12H8IN. The summed E-state index contributed by atoms with van der Waals surface area (Å²) in [6.45, 7) is 0. The number of fused-ring (bicyclic) bond motifs is 3. The van der Waals surface area contributed by atoms with Gasteiger partial charge in [-0.2, -0.15) is 0 Å². The summed E-state index contributed by atoms with van der Waals surface area (Å²) in [5.41, 5.74) is 3.83. The van der Waals surface area contributed by atoms with Gasteiger partial charge in [0.2, 0.25) is 0 Å². The van der Waals surface area contributed by atoms with E-state index >= 15 is 0 Å². The third kappa shape index (κ3) is 1.21. The molecule has 0 amide bonds. The lowest BCUT2D eigenvalue weighted by Crippen LogP contribution is -1.85. The Bertz CT molecular complexity index is 470. The molecule has 0 unspecified atom stereocenters. The Morgan fingerprint density at radius 3 is 2.43 bits per heavy atom. The van der Waals surface area contributed by atoms with E-state index in [1.54, 1.807) is 0 Å². The number of nitrogens with zero attached hydrogens (tertiary/aromatic N) is 1. The normalized spacial score (nSPS) is 12.6. The van der Waals surface area contributed by atoms with Crippen LogP contribution >= 0.6 is 21.0 Å². The van der Waals surface area contributed by atoms with Gasteiger partial charge in [-0.1, -0.05) is 36.4 Å². The van der Waals surface area contributed by atoms with E-state index in [9.17, 15) is 0 Å². The highest BCUT2D eigenvalue weighted by atomic mass is 127. The van der Waals surface area contributed by atoms with Gasteiger partial charge in [-0.05, 0) is 17.7 Å². The topological polar surface area (TPSA) is 12.4 Å². The number of hydrogen-bond donors (Lipinski definition) is 0. The third-order valence-electron chi connectivity index (χ3n) is 2.29. The Morgan fingerprint density at radius 2 is 1.50 bits per heavy atom. The van der Waals surface area contributed by atoms with E-state index in [0.717, 1.165) is 0 Å². The van der Waals surface area contributed by atoms with E-state index in [1.165, 1.54) is 20.4 Å². The lowest BCUT2D eigenvalue weighted by atomic mass is 10.0. The second-order valence-electron chi connectivity index (χ2n) is 3.17. The van der Waals surface area contributed by atoms with Crippen molar-refractivity contribution in [2.75, 3.05) is 0 Å². The van der Waals surface area contributed by atoms with Gasteiger partial charge in [0.25, 0.3) is 0 Å². The molecule has 0 aromatic heterocycles. The Balaban J connectivity index is 2.36. The fraction of sp³-hybridized carbons (Fsp3) is 0. The predicted molar refractivity (Wildman–Crippen MR) is 66.7 cm³/mol. The molecule has 2 heteroatoms. The van der Waals surface area contributed by atoms with Crippen molar-refractivity contribution in [2.24, 2.45) is 3.15 Å². The summed E-state index contributed by atoms with van der Waals surface area (Å²) in [6, 6.07) is 17.0. The summed E-state index contributed by atoms with van der Waals surface area (Å²) >= 11 is -0.169. The van der Waals surface area contributed by atoms with Crippen LogP contribution in [0.25, 0.3) is 11.1 Å². The Labute approximate surface area is 92.9 Å². The van der Waals surface area contributed by atoms with Crippen LogP contribution in [-0.2, 0) is 0 Å². The third-order valence-corrected chi connectivity index (χ3v) is 4.51. The maximum atomic E-state index is 4.64. The van der Waals surface area contributed by atoms with Gasteiger partial charge in [0.15, 0.2) is 0 Å². The quantitative estimate of drug-likeness (QED) is 0.547. The van der Waals surface area contributed by atoms with Crippen molar-refractivity contribution in [3.63, 3.8) is 0 Å². The van der Waals surface area contributed by atoms with E-state index in [2.05, 4.69) is 51.7 Å². The van der Waals surface area contributed by atoms with Crippen LogP contribution in [0.4, 0.5) is 5.69 Å². The van der Waals surface area contributed by atoms with Crippen LogP contribution in [0.5, 0.6) is 0 Å². The van der Waals surface area contributed by atoms with Crippen molar-refractivity contribution < 1.29 is 0 Å². The average Bonchev–Trinajstić information content (AvgIpc) is 2.29. The highest BCUT2D eigenvalue weighted by molar-refractivity contribution is 14.2. The van der Waals surface area contributed by atoms with E-state index in [4.69, 9.17) is 0 Å². The second-order valence-corrected chi connectivity index (χ2v) is 5.29. The molecule has 1 nitrogen and oxygen atoms in total. The average molecular weight is 293 g/mol. The first-order valence-electron chi connectivity index (χ1n) is 4.49. The maximum absolute atomic E-state index is 4.64. The smallest absolute Gasteiger partial charge is 0.0770 e. The summed E-state index contributed by atoms with van der Waals surface area (Å²) in [7, 11) is 0. The minimum absolute atomic E-state index is 0.169. The van der Waals surface area contributed by atoms with Gasteiger partial charge in [0.1, 0.15) is 0 Å². The summed E-state index contributed by atoms with van der Waals surface area (Å²) in [5.74, 6) is 0. The number of benzene rings is 2. The van der Waals surface area contributed by atoms with Crippen LogP contribution < -0.4 is 0 Å². The lowest BCUT2D eigenvalue weighted by Gasteiger charge is -2.12. The van der Waals surface area contributed by atoms with Gasteiger partial charge in [-0.3, -0.25) is 0 Å². The Kier molecular flexibility index (Phi) is 1.94. The molecule has 1 aliphatic heterocycles.